The number of hydrogen-bond acceptors (Lipinski definition) is 6. The average molecular weight is 369 g/mol. The van der Waals surface area contributed by atoms with E-state index < -0.39 is 22.4 Å². The van der Waals surface area contributed by atoms with Crippen LogP contribution in [0.2, 0.25) is 0 Å². The van der Waals surface area contributed by atoms with E-state index in [9.17, 15) is 23.3 Å². The molecule has 2 rings (SSSR count). The molecule has 26 heavy (non-hydrogen) atoms. The largest absolute Gasteiger partial charge is 0.493 e. The van der Waals surface area contributed by atoms with Crippen LogP contribution in [-0.4, -0.2) is 25.4 Å². The molecule has 2 aromatic carbocycles. The minimum absolute atomic E-state index is 0.180. The first-order valence-electron chi connectivity index (χ1n) is 7.13. The number of halogens is 3. The molecule has 0 heterocycles. The van der Waals surface area contributed by atoms with Crippen LogP contribution >= 0.6 is 0 Å². The molecule has 0 saturated carbocycles. The van der Waals surface area contributed by atoms with E-state index in [1.54, 1.807) is 18.2 Å². The number of ether oxygens (including phenoxy) is 2. The lowest BCUT2D eigenvalue weighted by Crippen LogP contribution is -2.06. The van der Waals surface area contributed by atoms with Crippen molar-refractivity contribution in [3.05, 3.63) is 57.6 Å². The Morgan fingerprint density at radius 1 is 1.19 bits per heavy atom. The molecule has 1 N–H and O–H groups in total. The molecule has 0 unspecified atom stereocenters. The molecule has 0 aliphatic heterocycles. The second kappa shape index (κ2) is 7.72. The minimum Gasteiger partial charge on any atom is -0.493 e. The fraction of sp³-hybridized carbons (Fsp3) is 0.188. The van der Waals surface area contributed by atoms with Crippen molar-refractivity contribution >= 4 is 17.6 Å². The number of methoxy groups -OCH3 is 2. The van der Waals surface area contributed by atoms with Crippen molar-refractivity contribution in [3.63, 3.8) is 0 Å². The van der Waals surface area contributed by atoms with E-state index in [1.807, 2.05) is 0 Å². The van der Waals surface area contributed by atoms with Crippen molar-refractivity contribution in [2.45, 2.75) is 6.18 Å². The Balaban J connectivity index is 2.30. The van der Waals surface area contributed by atoms with Gasteiger partial charge in [0.15, 0.2) is 11.5 Å². The van der Waals surface area contributed by atoms with Gasteiger partial charge in [0.1, 0.15) is 5.69 Å². The Morgan fingerprint density at radius 3 is 2.50 bits per heavy atom. The minimum atomic E-state index is -4.68. The smallest absolute Gasteiger partial charge is 0.416 e. The summed E-state index contributed by atoms with van der Waals surface area (Å²) < 4.78 is 48.4. The molecule has 0 fully saturated rings. The molecular formula is C16H14F3N3O4. The van der Waals surface area contributed by atoms with Gasteiger partial charge in [-0.15, -0.1) is 0 Å². The molecule has 7 nitrogen and oxygen atoms in total. The van der Waals surface area contributed by atoms with Gasteiger partial charge in [-0.3, -0.25) is 15.5 Å². The highest BCUT2D eigenvalue weighted by Gasteiger charge is 2.33. The van der Waals surface area contributed by atoms with Crippen molar-refractivity contribution < 1.29 is 27.6 Å². The maximum atomic E-state index is 12.7. The van der Waals surface area contributed by atoms with Crippen LogP contribution in [0.5, 0.6) is 11.5 Å². The molecule has 0 radical (unpaired) electrons. The first-order valence-corrected chi connectivity index (χ1v) is 7.13. The van der Waals surface area contributed by atoms with Crippen molar-refractivity contribution in [2.75, 3.05) is 19.6 Å². The summed E-state index contributed by atoms with van der Waals surface area (Å²) in [4.78, 5) is 10.1. The molecule has 0 aromatic heterocycles. The molecule has 0 aliphatic carbocycles. The van der Waals surface area contributed by atoms with Crippen LogP contribution in [0.25, 0.3) is 0 Å². The van der Waals surface area contributed by atoms with Gasteiger partial charge in [-0.2, -0.15) is 18.3 Å². The SMILES string of the molecule is COc1cccc(/C=N\Nc2ccc(C(F)(F)F)cc2[N+](=O)[O-])c1OC. The number of rotatable bonds is 6. The van der Waals surface area contributed by atoms with E-state index in [-0.39, 0.29) is 5.69 Å². The number of nitro benzene ring substituents is 1. The molecule has 10 heteroatoms. The van der Waals surface area contributed by atoms with Gasteiger partial charge in [-0.1, -0.05) is 6.07 Å². The van der Waals surface area contributed by atoms with Crippen LogP contribution in [0.4, 0.5) is 24.5 Å². The van der Waals surface area contributed by atoms with Gasteiger partial charge in [0.2, 0.25) is 0 Å². The van der Waals surface area contributed by atoms with Crippen LogP contribution in [0.3, 0.4) is 0 Å². The molecular weight excluding hydrogens is 355 g/mol. The Labute approximate surface area is 146 Å². The molecule has 0 atom stereocenters. The molecule has 138 valence electrons. The van der Waals surface area contributed by atoms with E-state index >= 15 is 0 Å². The third kappa shape index (κ3) is 4.21. The third-order valence-electron chi connectivity index (χ3n) is 3.34. The molecule has 2 aromatic rings. The van der Waals surface area contributed by atoms with Crippen LogP contribution in [0, 0.1) is 10.1 Å². The van der Waals surface area contributed by atoms with E-state index in [0.29, 0.717) is 23.1 Å². The Bertz CT molecular complexity index is 838. The predicted octanol–water partition coefficient (Wildman–Crippen LogP) is 4.08. The first-order chi connectivity index (χ1) is 12.3. The van der Waals surface area contributed by atoms with E-state index in [2.05, 4.69) is 10.5 Å². The molecule has 0 bridgehead atoms. The van der Waals surface area contributed by atoms with E-state index in [4.69, 9.17) is 9.47 Å². The van der Waals surface area contributed by atoms with Crippen molar-refractivity contribution in [2.24, 2.45) is 5.10 Å². The van der Waals surface area contributed by atoms with Gasteiger partial charge >= 0.3 is 6.18 Å². The number of hydrazone groups is 1. The Morgan fingerprint density at radius 2 is 1.92 bits per heavy atom. The molecule has 0 spiro atoms. The fourth-order valence-corrected chi connectivity index (χ4v) is 2.14. The summed E-state index contributed by atoms with van der Waals surface area (Å²) in [5.41, 5.74) is 0.845. The van der Waals surface area contributed by atoms with Gasteiger partial charge in [-0.05, 0) is 24.3 Å². The number of alkyl halides is 3. The highest BCUT2D eigenvalue weighted by molar-refractivity contribution is 5.85. The standard InChI is InChI=1S/C16H14F3N3O4/c1-25-14-5-3-4-10(15(14)26-2)9-20-21-12-7-6-11(16(17,18)19)8-13(12)22(23)24/h3-9,21H,1-2H3/b20-9-. The lowest BCUT2D eigenvalue weighted by atomic mass is 10.1. The number of nitro groups is 1. The van der Waals surface area contributed by atoms with Crippen molar-refractivity contribution in [3.8, 4) is 11.5 Å². The monoisotopic (exact) mass is 369 g/mol. The molecule has 0 aliphatic rings. The number of hydrogen-bond donors (Lipinski definition) is 1. The second-order valence-electron chi connectivity index (χ2n) is 4.94. The van der Waals surface area contributed by atoms with Crippen molar-refractivity contribution in [1.82, 2.24) is 0 Å². The summed E-state index contributed by atoms with van der Waals surface area (Å²) in [6.07, 6.45) is -3.37. The van der Waals surface area contributed by atoms with Crippen molar-refractivity contribution in [1.29, 1.82) is 0 Å². The number of benzene rings is 2. The zero-order valence-electron chi connectivity index (χ0n) is 13.7. The quantitative estimate of drug-likeness (QED) is 0.471. The maximum absolute atomic E-state index is 12.7. The highest BCUT2D eigenvalue weighted by Crippen LogP contribution is 2.35. The summed E-state index contributed by atoms with van der Waals surface area (Å²) in [5.74, 6) is 0.847. The average Bonchev–Trinajstić information content (AvgIpc) is 2.60. The van der Waals surface area contributed by atoms with Gasteiger partial charge in [0.05, 0.1) is 30.9 Å². The summed E-state index contributed by atoms with van der Waals surface area (Å²) in [5, 5.41) is 14.9. The molecule has 0 amide bonds. The summed E-state index contributed by atoms with van der Waals surface area (Å²) in [6.45, 7) is 0. The number of nitrogens with one attached hydrogen (secondary N) is 1. The Hall–Kier alpha value is -3.30. The first kappa shape index (κ1) is 19.0. The zero-order valence-corrected chi connectivity index (χ0v) is 13.7. The number of anilines is 1. The van der Waals surface area contributed by atoms with Crippen LogP contribution in [-0.2, 0) is 6.18 Å². The topological polar surface area (TPSA) is 86.0 Å². The summed E-state index contributed by atoms with van der Waals surface area (Å²) in [7, 11) is 2.89. The third-order valence-corrected chi connectivity index (χ3v) is 3.34. The van der Waals surface area contributed by atoms with Crippen LogP contribution in [0.1, 0.15) is 11.1 Å². The number of nitrogens with zero attached hydrogens (tertiary/aromatic N) is 2. The summed E-state index contributed by atoms with van der Waals surface area (Å²) >= 11 is 0. The van der Waals surface area contributed by atoms with Gasteiger partial charge in [-0.25, -0.2) is 0 Å². The van der Waals surface area contributed by atoms with Crippen LogP contribution in [0.15, 0.2) is 41.5 Å². The fourth-order valence-electron chi connectivity index (χ4n) is 2.14. The van der Waals surface area contributed by atoms with E-state index in [1.165, 1.54) is 20.4 Å². The summed E-state index contributed by atoms with van der Waals surface area (Å²) in [6, 6.07) is 7.14. The predicted molar refractivity (Wildman–Crippen MR) is 88.9 cm³/mol. The van der Waals surface area contributed by atoms with Gasteiger partial charge < -0.3 is 9.47 Å². The highest BCUT2D eigenvalue weighted by atomic mass is 19.4. The lowest BCUT2D eigenvalue weighted by Gasteiger charge is -2.10. The number of para-hydroxylation sites is 1. The normalized spacial score (nSPS) is 11.4. The Kier molecular flexibility index (Phi) is 5.65. The maximum Gasteiger partial charge on any atom is 0.416 e. The zero-order chi connectivity index (χ0) is 19.3. The van der Waals surface area contributed by atoms with E-state index in [0.717, 1.165) is 12.1 Å². The molecule has 0 saturated heterocycles. The second-order valence-corrected chi connectivity index (χ2v) is 4.94. The van der Waals surface area contributed by atoms with Gasteiger partial charge in [0, 0.05) is 11.6 Å². The van der Waals surface area contributed by atoms with Crippen LogP contribution < -0.4 is 14.9 Å². The van der Waals surface area contributed by atoms with Gasteiger partial charge in [0.25, 0.3) is 5.69 Å². The lowest BCUT2D eigenvalue weighted by molar-refractivity contribution is -0.384.